The number of hydrogen-bond donors (Lipinski definition) is 1. The van der Waals surface area contributed by atoms with Crippen LogP contribution >= 0.6 is 11.6 Å². The Morgan fingerprint density at radius 3 is 2.52 bits per heavy atom. The third-order valence-corrected chi connectivity index (χ3v) is 5.62. The van der Waals surface area contributed by atoms with Crippen LogP contribution < -0.4 is 10.1 Å². The Bertz CT molecular complexity index is 869. The van der Waals surface area contributed by atoms with E-state index in [9.17, 15) is 9.59 Å². The fourth-order valence-electron chi connectivity index (χ4n) is 3.53. The lowest BCUT2D eigenvalue weighted by Crippen LogP contribution is -2.45. The minimum Gasteiger partial charge on any atom is -0.492 e. The number of amides is 2. The number of likely N-dealkylation sites (tertiary alicyclic amines) is 1. The monoisotopic (exact) mass is 443 g/mol. The van der Waals surface area contributed by atoms with Crippen molar-refractivity contribution in [1.29, 1.82) is 0 Å². The van der Waals surface area contributed by atoms with E-state index in [4.69, 9.17) is 16.3 Å². The number of rotatable bonds is 8. The zero-order valence-corrected chi connectivity index (χ0v) is 18.9. The van der Waals surface area contributed by atoms with Crippen molar-refractivity contribution in [1.82, 2.24) is 15.1 Å². The van der Waals surface area contributed by atoms with Crippen LogP contribution in [0.3, 0.4) is 0 Å². The first-order valence-electron chi connectivity index (χ1n) is 10.6. The van der Waals surface area contributed by atoms with E-state index in [0.717, 1.165) is 30.7 Å². The van der Waals surface area contributed by atoms with Crippen molar-refractivity contribution in [2.75, 3.05) is 40.3 Å². The van der Waals surface area contributed by atoms with Gasteiger partial charge >= 0.3 is 0 Å². The lowest BCUT2D eigenvalue weighted by molar-refractivity contribution is -0.126. The van der Waals surface area contributed by atoms with E-state index < -0.39 is 0 Å². The Morgan fingerprint density at radius 1 is 1.13 bits per heavy atom. The number of likely N-dealkylation sites (N-methyl/N-ethyl adjacent to an activating group) is 1. The molecule has 166 valence electrons. The van der Waals surface area contributed by atoms with Crippen LogP contribution in [0.1, 0.15) is 28.8 Å². The van der Waals surface area contributed by atoms with E-state index in [0.29, 0.717) is 36.8 Å². The average Bonchev–Trinajstić information content (AvgIpc) is 2.78. The number of benzene rings is 2. The van der Waals surface area contributed by atoms with Crippen molar-refractivity contribution < 1.29 is 14.3 Å². The molecular formula is C24H30ClN3O3. The number of halogens is 1. The summed E-state index contributed by atoms with van der Waals surface area (Å²) in [5, 5.41) is 3.61. The number of piperidine rings is 1. The second kappa shape index (κ2) is 11.2. The normalized spacial score (nSPS) is 16.3. The predicted octanol–water partition coefficient (Wildman–Crippen LogP) is 3.45. The molecule has 31 heavy (non-hydrogen) atoms. The number of nitrogens with zero attached hydrogens (tertiary/aromatic N) is 2. The molecule has 3 rings (SSSR count). The zero-order valence-electron chi connectivity index (χ0n) is 18.1. The van der Waals surface area contributed by atoms with Gasteiger partial charge in [0.05, 0.1) is 5.92 Å². The smallest absolute Gasteiger partial charge is 0.253 e. The van der Waals surface area contributed by atoms with Gasteiger partial charge in [0.25, 0.3) is 5.91 Å². The summed E-state index contributed by atoms with van der Waals surface area (Å²) in [5.74, 6) is 0.554. The molecule has 2 aromatic rings. The number of nitrogens with one attached hydrogen (secondary N) is 1. The first-order chi connectivity index (χ1) is 14.9. The van der Waals surface area contributed by atoms with Crippen LogP contribution in [0.25, 0.3) is 0 Å². The molecule has 0 saturated carbocycles. The van der Waals surface area contributed by atoms with Gasteiger partial charge in [0, 0.05) is 36.8 Å². The molecule has 2 aromatic carbocycles. The summed E-state index contributed by atoms with van der Waals surface area (Å²) in [6.45, 7) is 3.05. The molecule has 1 fully saturated rings. The lowest BCUT2D eigenvalue weighted by Gasteiger charge is -2.32. The summed E-state index contributed by atoms with van der Waals surface area (Å²) in [7, 11) is 4.02. The third kappa shape index (κ3) is 6.97. The maximum Gasteiger partial charge on any atom is 0.253 e. The maximum atomic E-state index is 12.7. The van der Waals surface area contributed by atoms with Crippen LogP contribution in [-0.4, -0.2) is 62.0 Å². The topological polar surface area (TPSA) is 61.9 Å². The number of carbonyl (C=O) groups is 2. The van der Waals surface area contributed by atoms with Gasteiger partial charge in [-0.1, -0.05) is 23.7 Å². The van der Waals surface area contributed by atoms with Crippen LogP contribution in [0.4, 0.5) is 0 Å². The van der Waals surface area contributed by atoms with Crippen molar-refractivity contribution in [2.24, 2.45) is 5.92 Å². The van der Waals surface area contributed by atoms with Gasteiger partial charge in [-0.25, -0.2) is 0 Å². The van der Waals surface area contributed by atoms with Crippen molar-refractivity contribution in [3.8, 4) is 5.75 Å². The quantitative estimate of drug-likeness (QED) is 0.678. The standard InChI is InChI=1S/C24H30ClN3O3/c1-27(2)14-15-31-22-11-5-18(6-12-22)16-26-23(29)20-4-3-13-28(17-20)24(30)19-7-9-21(25)10-8-19/h5-12,20H,3-4,13-17H2,1-2H3,(H,26,29). The highest BCUT2D eigenvalue weighted by Gasteiger charge is 2.28. The SMILES string of the molecule is CN(C)CCOc1ccc(CNC(=O)C2CCCN(C(=O)c3ccc(Cl)cc3)C2)cc1. The Hall–Kier alpha value is -2.57. The first kappa shape index (κ1) is 23.1. The molecule has 0 radical (unpaired) electrons. The van der Waals surface area contributed by atoms with E-state index in [1.807, 2.05) is 38.4 Å². The first-order valence-corrected chi connectivity index (χ1v) is 11.0. The van der Waals surface area contributed by atoms with Crippen molar-refractivity contribution >= 4 is 23.4 Å². The Balaban J connectivity index is 1.47. The summed E-state index contributed by atoms with van der Waals surface area (Å²) in [6, 6.07) is 14.6. The van der Waals surface area contributed by atoms with E-state index in [-0.39, 0.29) is 17.7 Å². The van der Waals surface area contributed by atoms with Gasteiger partial charge in [0.2, 0.25) is 5.91 Å². The van der Waals surface area contributed by atoms with Crippen LogP contribution in [0.15, 0.2) is 48.5 Å². The summed E-state index contributed by atoms with van der Waals surface area (Å²) in [4.78, 5) is 29.3. The Morgan fingerprint density at radius 2 is 1.84 bits per heavy atom. The van der Waals surface area contributed by atoms with Gasteiger partial charge in [-0.3, -0.25) is 9.59 Å². The predicted molar refractivity (Wildman–Crippen MR) is 122 cm³/mol. The molecular weight excluding hydrogens is 414 g/mol. The molecule has 1 aliphatic heterocycles. The molecule has 6 nitrogen and oxygen atoms in total. The molecule has 0 aromatic heterocycles. The number of hydrogen-bond acceptors (Lipinski definition) is 4. The van der Waals surface area contributed by atoms with E-state index in [1.165, 1.54) is 0 Å². The van der Waals surface area contributed by atoms with E-state index in [2.05, 4.69) is 10.2 Å². The molecule has 1 unspecified atom stereocenters. The second-order valence-corrected chi connectivity index (χ2v) is 8.55. The van der Waals surface area contributed by atoms with Gasteiger partial charge in [0.15, 0.2) is 0 Å². The summed E-state index contributed by atoms with van der Waals surface area (Å²) in [6.07, 6.45) is 1.60. The van der Waals surface area contributed by atoms with Gasteiger partial charge in [0.1, 0.15) is 12.4 Å². The van der Waals surface area contributed by atoms with Crippen molar-refractivity contribution in [2.45, 2.75) is 19.4 Å². The zero-order chi connectivity index (χ0) is 22.2. The van der Waals surface area contributed by atoms with E-state index >= 15 is 0 Å². The third-order valence-electron chi connectivity index (χ3n) is 5.37. The fraction of sp³-hybridized carbons (Fsp3) is 0.417. The lowest BCUT2D eigenvalue weighted by atomic mass is 9.96. The van der Waals surface area contributed by atoms with Gasteiger partial charge in [-0.15, -0.1) is 0 Å². The second-order valence-electron chi connectivity index (χ2n) is 8.11. The largest absolute Gasteiger partial charge is 0.492 e. The molecule has 0 spiro atoms. The minimum atomic E-state index is -0.196. The van der Waals surface area contributed by atoms with Crippen LogP contribution in [0.5, 0.6) is 5.75 Å². The molecule has 1 N–H and O–H groups in total. The molecule has 1 atom stereocenters. The highest BCUT2D eigenvalue weighted by atomic mass is 35.5. The molecule has 2 amide bonds. The summed E-state index contributed by atoms with van der Waals surface area (Å²) >= 11 is 5.91. The van der Waals surface area contributed by atoms with Gasteiger partial charge in [-0.05, 0) is 68.9 Å². The molecule has 0 bridgehead atoms. The van der Waals surface area contributed by atoms with Crippen LogP contribution in [0.2, 0.25) is 5.02 Å². The highest BCUT2D eigenvalue weighted by molar-refractivity contribution is 6.30. The summed E-state index contributed by atoms with van der Waals surface area (Å²) in [5.41, 5.74) is 1.61. The number of ether oxygens (including phenoxy) is 1. The molecule has 1 saturated heterocycles. The van der Waals surface area contributed by atoms with E-state index in [1.54, 1.807) is 29.2 Å². The van der Waals surface area contributed by atoms with Crippen molar-refractivity contribution in [3.63, 3.8) is 0 Å². The highest BCUT2D eigenvalue weighted by Crippen LogP contribution is 2.20. The van der Waals surface area contributed by atoms with Crippen LogP contribution in [-0.2, 0) is 11.3 Å². The maximum absolute atomic E-state index is 12.7. The Kier molecular flexibility index (Phi) is 8.32. The Labute approximate surface area is 189 Å². The van der Waals surface area contributed by atoms with Gasteiger partial charge in [-0.2, -0.15) is 0 Å². The summed E-state index contributed by atoms with van der Waals surface area (Å²) < 4.78 is 5.70. The molecule has 1 aliphatic rings. The molecule has 0 aliphatic carbocycles. The minimum absolute atomic E-state index is 0.0140. The molecule has 7 heteroatoms. The average molecular weight is 444 g/mol. The number of carbonyl (C=O) groups excluding carboxylic acids is 2. The van der Waals surface area contributed by atoms with Crippen LogP contribution in [0, 0.1) is 5.92 Å². The van der Waals surface area contributed by atoms with Gasteiger partial charge < -0.3 is 19.9 Å². The molecule has 1 heterocycles. The fourth-order valence-corrected chi connectivity index (χ4v) is 3.66. The van der Waals surface area contributed by atoms with Crippen molar-refractivity contribution in [3.05, 3.63) is 64.7 Å².